The molecule has 4 heterocycles. The molecule has 0 bridgehead atoms. The zero-order chi connectivity index (χ0) is 23.1. The zero-order valence-electron chi connectivity index (χ0n) is 19.9. The first-order valence-electron chi connectivity index (χ1n) is 13.1. The first-order chi connectivity index (χ1) is 16.7. The lowest BCUT2D eigenvalue weighted by atomic mass is 9.78. The second kappa shape index (κ2) is 9.46. The van der Waals surface area contributed by atoms with Gasteiger partial charge in [-0.3, -0.25) is 14.6 Å². The molecule has 4 aliphatic rings. The van der Waals surface area contributed by atoms with Crippen LogP contribution in [0.3, 0.4) is 0 Å². The van der Waals surface area contributed by atoms with E-state index in [2.05, 4.69) is 34.1 Å². The summed E-state index contributed by atoms with van der Waals surface area (Å²) in [6, 6.07) is 8.65. The Bertz CT molecular complexity index is 1050. The quantitative estimate of drug-likeness (QED) is 0.645. The van der Waals surface area contributed by atoms with Crippen LogP contribution in [0.4, 0.5) is 10.6 Å². The van der Waals surface area contributed by atoms with Gasteiger partial charge in [-0.15, -0.1) is 0 Å². The van der Waals surface area contributed by atoms with Crippen molar-refractivity contribution in [3.63, 3.8) is 0 Å². The number of nitrogens with zero attached hydrogens (tertiary/aromatic N) is 5. The minimum absolute atomic E-state index is 0.0211. The van der Waals surface area contributed by atoms with E-state index in [1.807, 2.05) is 4.90 Å². The molecule has 0 unspecified atom stereocenters. The van der Waals surface area contributed by atoms with Crippen LogP contribution in [-0.2, 0) is 4.79 Å². The topological polar surface area (TPSA) is 60.0 Å². The average molecular weight is 482 g/mol. The lowest BCUT2D eigenvalue weighted by molar-refractivity contribution is -0.133. The van der Waals surface area contributed by atoms with Gasteiger partial charge >= 0.3 is 6.03 Å². The number of benzene rings is 1. The van der Waals surface area contributed by atoms with Gasteiger partial charge in [0.1, 0.15) is 5.82 Å². The fraction of sp³-hybridized carbons (Fsp3) is 0.654. The molecule has 34 heavy (non-hydrogen) atoms. The van der Waals surface area contributed by atoms with Crippen LogP contribution in [0.2, 0.25) is 0 Å². The molecule has 1 saturated carbocycles. The Balaban J connectivity index is 1.07. The number of hydrogen-bond donors (Lipinski definition) is 0. The second-order valence-electron chi connectivity index (χ2n) is 10.6. The normalized spacial score (nSPS) is 28.7. The highest BCUT2D eigenvalue weighted by Gasteiger charge is 2.42. The maximum Gasteiger partial charge on any atom is 0.326 e. The van der Waals surface area contributed by atoms with Crippen molar-refractivity contribution in [3.05, 3.63) is 24.3 Å². The third kappa shape index (κ3) is 4.19. The Labute approximate surface area is 205 Å². The Morgan fingerprint density at radius 3 is 2.47 bits per heavy atom. The molecule has 4 fully saturated rings. The molecule has 1 aliphatic carbocycles. The summed E-state index contributed by atoms with van der Waals surface area (Å²) in [6.45, 7) is 6.63. The maximum absolute atomic E-state index is 13.0. The minimum Gasteiger partial charge on any atom is -0.353 e. The lowest BCUT2D eigenvalue weighted by Gasteiger charge is -2.42. The molecule has 7 nitrogen and oxygen atoms in total. The van der Waals surface area contributed by atoms with Gasteiger partial charge in [-0.2, -0.15) is 4.37 Å². The highest BCUT2D eigenvalue weighted by atomic mass is 32.1. The van der Waals surface area contributed by atoms with Crippen molar-refractivity contribution in [1.82, 2.24) is 19.1 Å². The third-order valence-corrected chi connectivity index (χ3v) is 9.39. The van der Waals surface area contributed by atoms with Gasteiger partial charge in [0.25, 0.3) is 0 Å². The van der Waals surface area contributed by atoms with Crippen molar-refractivity contribution in [3.8, 4) is 0 Å². The number of amides is 3. The molecule has 8 heteroatoms. The summed E-state index contributed by atoms with van der Waals surface area (Å²) in [5.74, 6) is 2.19. The molecule has 182 valence electrons. The van der Waals surface area contributed by atoms with E-state index >= 15 is 0 Å². The van der Waals surface area contributed by atoms with E-state index < -0.39 is 0 Å². The fourth-order valence-corrected chi connectivity index (χ4v) is 7.42. The Hall–Kier alpha value is -2.19. The summed E-state index contributed by atoms with van der Waals surface area (Å²) < 4.78 is 6.01. The number of fused-ring (bicyclic) bond motifs is 2. The monoisotopic (exact) mass is 481 g/mol. The number of anilines is 1. The predicted octanol–water partition coefficient (Wildman–Crippen LogP) is 4.04. The van der Waals surface area contributed by atoms with E-state index in [0.29, 0.717) is 24.8 Å². The molecule has 3 saturated heterocycles. The largest absolute Gasteiger partial charge is 0.353 e. The van der Waals surface area contributed by atoms with Crippen LogP contribution >= 0.6 is 11.5 Å². The van der Waals surface area contributed by atoms with E-state index in [0.717, 1.165) is 64.3 Å². The van der Waals surface area contributed by atoms with E-state index in [1.54, 1.807) is 16.4 Å². The van der Waals surface area contributed by atoms with Crippen molar-refractivity contribution in [2.24, 2.45) is 11.8 Å². The molecule has 1 aromatic carbocycles. The minimum atomic E-state index is -0.0211. The first-order valence-corrected chi connectivity index (χ1v) is 13.9. The van der Waals surface area contributed by atoms with Crippen LogP contribution in [0.5, 0.6) is 0 Å². The van der Waals surface area contributed by atoms with Crippen LogP contribution in [0.25, 0.3) is 10.1 Å². The zero-order valence-corrected chi connectivity index (χ0v) is 20.7. The number of carbonyl (C=O) groups is 2. The van der Waals surface area contributed by atoms with Crippen molar-refractivity contribution in [2.75, 3.05) is 50.7 Å². The highest BCUT2D eigenvalue weighted by molar-refractivity contribution is 7.13. The van der Waals surface area contributed by atoms with Gasteiger partial charge in [0.05, 0.1) is 4.70 Å². The summed E-state index contributed by atoms with van der Waals surface area (Å²) in [7, 11) is 0. The number of hydrogen-bond acceptors (Lipinski definition) is 6. The molecule has 0 N–H and O–H groups in total. The lowest BCUT2D eigenvalue weighted by Crippen LogP contribution is -2.56. The molecule has 0 spiro atoms. The Morgan fingerprint density at radius 1 is 0.882 bits per heavy atom. The molecule has 1 aromatic heterocycles. The van der Waals surface area contributed by atoms with Crippen LogP contribution in [-0.4, -0.2) is 82.9 Å². The van der Waals surface area contributed by atoms with Crippen molar-refractivity contribution in [2.45, 2.75) is 51.0 Å². The average Bonchev–Trinajstić information content (AvgIpc) is 3.50. The van der Waals surface area contributed by atoms with E-state index in [4.69, 9.17) is 4.37 Å². The first kappa shape index (κ1) is 22.3. The third-order valence-electron chi connectivity index (χ3n) is 8.57. The molecule has 3 atom stereocenters. The second-order valence-corrected chi connectivity index (χ2v) is 11.4. The van der Waals surface area contributed by atoms with E-state index in [-0.39, 0.29) is 18.0 Å². The van der Waals surface area contributed by atoms with Crippen LogP contribution in [0.1, 0.15) is 44.9 Å². The molecular weight excluding hydrogens is 446 g/mol. The van der Waals surface area contributed by atoms with Crippen molar-refractivity contribution < 1.29 is 9.59 Å². The van der Waals surface area contributed by atoms with Gasteiger partial charge in [-0.25, -0.2) is 4.79 Å². The van der Waals surface area contributed by atoms with Gasteiger partial charge in [0.2, 0.25) is 5.91 Å². The van der Waals surface area contributed by atoms with E-state index in [1.165, 1.54) is 29.3 Å². The number of rotatable bonds is 5. The molecule has 2 aromatic rings. The van der Waals surface area contributed by atoms with Crippen molar-refractivity contribution >= 4 is 39.4 Å². The molecule has 3 aliphatic heterocycles. The molecule has 0 radical (unpaired) electrons. The molecule has 3 amide bonds. The Morgan fingerprint density at radius 2 is 1.65 bits per heavy atom. The van der Waals surface area contributed by atoms with Crippen LogP contribution in [0, 0.1) is 11.8 Å². The summed E-state index contributed by atoms with van der Waals surface area (Å²) in [4.78, 5) is 34.5. The van der Waals surface area contributed by atoms with Crippen molar-refractivity contribution in [1.29, 1.82) is 0 Å². The summed E-state index contributed by atoms with van der Waals surface area (Å²) >= 11 is 1.59. The fourth-order valence-electron chi connectivity index (χ4n) is 6.63. The SMILES string of the molecule is O=C1C[C@H]2CCCN2C(=O)N1C[C@H]1CCCC[C@H]1CN1CCN(c2nsc3ccccc23)CC1. The van der Waals surface area contributed by atoms with Gasteiger partial charge in [-0.1, -0.05) is 25.0 Å². The van der Waals surface area contributed by atoms with E-state index in [9.17, 15) is 9.59 Å². The summed E-state index contributed by atoms with van der Waals surface area (Å²) in [5.41, 5.74) is 0. The predicted molar refractivity (Wildman–Crippen MR) is 135 cm³/mol. The van der Waals surface area contributed by atoms with Gasteiger partial charge < -0.3 is 9.80 Å². The number of piperazine rings is 1. The molecule has 6 rings (SSSR count). The summed E-state index contributed by atoms with van der Waals surface area (Å²) in [5, 5.41) is 1.27. The van der Waals surface area contributed by atoms with Crippen LogP contribution < -0.4 is 4.90 Å². The molecular formula is C26H35N5O2S. The number of carbonyl (C=O) groups excluding carboxylic acids is 2. The van der Waals surface area contributed by atoms with Gasteiger partial charge in [0.15, 0.2) is 0 Å². The van der Waals surface area contributed by atoms with Crippen LogP contribution in [0.15, 0.2) is 24.3 Å². The number of imide groups is 1. The standard InChI is InChI=1S/C26H35N5O2S/c32-24-16-21-8-5-11-30(21)26(33)31(24)18-20-7-2-1-6-19(20)17-28-12-14-29(15-13-28)25-22-9-3-4-10-23(22)34-27-25/h3-4,9-10,19-21H,1-2,5-8,11-18H2/t19-,20+,21+/m0/s1. The van der Waals surface area contributed by atoms with Gasteiger partial charge in [-0.05, 0) is 61.2 Å². The number of aromatic nitrogens is 1. The Kier molecular flexibility index (Phi) is 6.20. The van der Waals surface area contributed by atoms with Gasteiger partial charge in [0, 0.05) is 63.7 Å². The number of urea groups is 1. The smallest absolute Gasteiger partial charge is 0.326 e. The maximum atomic E-state index is 13.0. The summed E-state index contributed by atoms with van der Waals surface area (Å²) in [6.07, 6.45) is 7.37. The highest BCUT2D eigenvalue weighted by Crippen LogP contribution is 2.35.